The Labute approximate surface area is 148 Å². The summed E-state index contributed by atoms with van der Waals surface area (Å²) in [4.78, 5) is 35.9. The molecule has 140 valence electrons. The fourth-order valence-corrected chi connectivity index (χ4v) is 5.11. The van der Waals surface area contributed by atoms with Gasteiger partial charge in [-0.25, -0.2) is 0 Å². The molecule has 2 bridgehead atoms. The van der Waals surface area contributed by atoms with Crippen LogP contribution in [-0.4, -0.2) is 36.2 Å². The highest BCUT2D eigenvalue weighted by molar-refractivity contribution is 5.84. The normalized spacial score (nSPS) is 35.6. The maximum Gasteiger partial charge on any atom is 0.311 e. The summed E-state index contributed by atoms with van der Waals surface area (Å²) < 4.78 is 10.4. The molecular weight excluding hydrogens is 324 g/mol. The molecule has 25 heavy (non-hydrogen) atoms. The van der Waals surface area contributed by atoms with Crippen LogP contribution >= 0.6 is 0 Å². The fourth-order valence-electron chi connectivity index (χ4n) is 5.11. The van der Waals surface area contributed by atoms with Gasteiger partial charge in [0, 0.05) is 0 Å². The van der Waals surface area contributed by atoms with Crippen molar-refractivity contribution in [2.24, 2.45) is 40.9 Å². The average Bonchev–Trinajstić information content (AvgIpc) is 3.08. The Balaban J connectivity index is 1.50. The Kier molecular flexibility index (Phi) is 4.82. The molecule has 0 amide bonds. The second-order valence-electron chi connectivity index (χ2n) is 8.42. The van der Waals surface area contributed by atoms with Gasteiger partial charge in [-0.3, -0.25) is 14.4 Å². The summed E-state index contributed by atoms with van der Waals surface area (Å²) >= 11 is 0. The summed E-state index contributed by atoms with van der Waals surface area (Å²) in [5, 5.41) is 9.51. The molecular formula is C19H28O6. The van der Waals surface area contributed by atoms with E-state index in [9.17, 15) is 19.5 Å². The van der Waals surface area contributed by atoms with Crippen molar-refractivity contribution in [3.63, 3.8) is 0 Å². The third kappa shape index (κ3) is 3.04. The van der Waals surface area contributed by atoms with Gasteiger partial charge in [0.25, 0.3) is 0 Å². The lowest BCUT2D eigenvalue weighted by Gasteiger charge is -2.50. The van der Waals surface area contributed by atoms with Gasteiger partial charge in [-0.1, -0.05) is 6.92 Å². The Morgan fingerprint density at radius 2 is 1.56 bits per heavy atom. The number of ether oxygens (including phenoxy) is 2. The van der Waals surface area contributed by atoms with Gasteiger partial charge in [-0.15, -0.1) is 0 Å². The van der Waals surface area contributed by atoms with Crippen LogP contribution in [0.5, 0.6) is 0 Å². The van der Waals surface area contributed by atoms with Crippen LogP contribution in [0.4, 0.5) is 0 Å². The Morgan fingerprint density at radius 3 is 2.12 bits per heavy atom. The van der Waals surface area contributed by atoms with E-state index >= 15 is 0 Å². The van der Waals surface area contributed by atoms with E-state index in [1.165, 1.54) is 0 Å². The van der Waals surface area contributed by atoms with Gasteiger partial charge in [-0.2, -0.15) is 0 Å². The topological polar surface area (TPSA) is 89.9 Å². The summed E-state index contributed by atoms with van der Waals surface area (Å²) in [5.74, 6) is -1.49. The largest absolute Gasteiger partial charge is 0.481 e. The quantitative estimate of drug-likeness (QED) is 0.559. The molecule has 6 atom stereocenters. The van der Waals surface area contributed by atoms with Crippen molar-refractivity contribution >= 4 is 17.9 Å². The van der Waals surface area contributed by atoms with E-state index in [1.54, 1.807) is 0 Å². The molecule has 0 aromatic carbocycles. The number of carbonyl (C=O) groups excluding carboxylic acids is 2. The first kappa shape index (κ1) is 18.2. The van der Waals surface area contributed by atoms with Gasteiger partial charge >= 0.3 is 17.9 Å². The van der Waals surface area contributed by atoms with Crippen molar-refractivity contribution in [1.82, 2.24) is 0 Å². The van der Waals surface area contributed by atoms with E-state index in [0.717, 1.165) is 19.3 Å². The molecule has 3 aliphatic carbocycles. The molecule has 0 heterocycles. The molecule has 6 heteroatoms. The number of hydrogen-bond acceptors (Lipinski definition) is 5. The maximum absolute atomic E-state index is 12.4. The minimum absolute atomic E-state index is 0.0125. The number of hydrogen-bond donors (Lipinski definition) is 1. The second-order valence-corrected chi connectivity index (χ2v) is 8.42. The number of carboxylic acid groups (broad SMARTS) is 1. The second kappa shape index (κ2) is 6.61. The zero-order valence-electron chi connectivity index (χ0n) is 15.2. The number of aliphatic carboxylic acids is 1. The van der Waals surface area contributed by atoms with Crippen LogP contribution in [0, 0.1) is 40.9 Å². The van der Waals surface area contributed by atoms with E-state index in [2.05, 4.69) is 0 Å². The summed E-state index contributed by atoms with van der Waals surface area (Å²) in [5.41, 5.74) is -0.553. The highest BCUT2D eigenvalue weighted by atomic mass is 16.6. The Hall–Kier alpha value is -1.59. The SMILES string of the molecule is CCC(C)(C)C(=O)OCCOC(=O)C1C(C(=O)O)C2C3CCC(C3)C12. The van der Waals surface area contributed by atoms with Crippen LogP contribution < -0.4 is 0 Å². The molecule has 3 aliphatic rings. The number of carbonyl (C=O) groups is 3. The van der Waals surface area contributed by atoms with Crippen LogP contribution in [0.3, 0.4) is 0 Å². The highest BCUT2D eigenvalue weighted by Crippen LogP contribution is 2.66. The van der Waals surface area contributed by atoms with E-state index < -0.39 is 29.2 Å². The summed E-state index contributed by atoms with van der Waals surface area (Å²) in [7, 11) is 0. The van der Waals surface area contributed by atoms with Gasteiger partial charge in [0.05, 0.1) is 17.3 Å². The molecule has 6 unspecified atom stereocenters. The first-order valence-corrected chi connectivity index (χ1v) is 9.34. The molecule has 0 spiro atoms. The minimum atomic E-state index is -0.883. The molecule has 6 nitrogen and oxygen atoms in total. The first-order valence-electron chi connectivity index (χ1n) is 9.34. The van der Waals surface area contributed by atoms with Crippen molar-refractivity contribution in [3.8, 4) is 0 Å². The molecule has 0 aromatic heterocycles. The van der Waals surface area contributed by atoms with E-state index in [1.807, 2.05) is 20.8 Å². The monoisotopic (exact) mass is 352 g/mol. The summed E-state index contributed by atoms with van der Waals surface area (Å²) in [6.07, 6.45) is 3.93. The van der Waals surface area contributed by atoms with Crippen LogP contribution in [0.25, 0.3) is 0 Å². The molecule has 3 rings (SSSR count). The third-order valence-corrected chi connectivity index (χ3v) is 6.82. The number of carboxylic acids is 1. The van der Waals surface area contributed by atoms with Gasteiger partial charge < -0.3 is 14.6 Å². The predicted molar refractivity (Wildman–Crippen MR) is 88.4 cm³/mol. The van der Waals surface area contributed by atoms with Crippen molar-refractivity contribution in [1.29, 1.82) is 0 Å². The van der Waals surface area contributed by atoms with E-state index in [4.69, 9.17) is 9.47 Å². The van der Waals surface area contributed by atoms with Gasteiger partial charge in [0.1, 0.15) is 13.2 Å². The average molecular weight is 352 g/mol. The van der Waals surface area contributed by atoms with Crippen molar-refractivity contribution in [3.05, 3.63) is 0 Å². The van der Waals surface area contributed by atoms with Crippen LogP contribution in [0.2, 0.25) is 0 Å². The lowest BCUT2D eigenvalue weighted by atomic mass is 9.52. The van der Waals surface area contributed by atoms with Gasteiger partial charge in [0.15, 0.2) is 0 Å². The molecule has 0 aromatic rings. The van der Waals surface area contributed by atoms with Crippen LogP contribution in [-0.2, 0) is 23.9 Å². The van der Waals surface area contributed by atoms with Crippen molar-refractivity contribution in [2.45, 2.75) is 46.5 Å². The lowest BCUT2D eigenvalue weighted by Crippen LogP contribution is -2.56. The number of esters is 2. The molecule has 0 radical (unpaired) electrons. The first-order chi connectivity index (χ1) is 11.8. The van der Waals surface area contributed by atoms with Gasteiger partial charge in [0.2, 0.25) is 0 Å². The standard InChI is InChI=1S/C19H28O6/c1-4-19(2,3)18(23)25-8-7-24-17(22)15-13-11-6-5-10(9-11)12(13)14(15)16(20)21/h10-15H,4-9H2,1-3H3,(H,20,21). The highest BCUT2D eigenvalue weighted by Gasteiger charge is 2.67. The summed E-state index contributed by atoms with van der Waals surface area (Å²) in [6, 6.07) is 0. The van der Waals surface area contributed by atoms with Crippen molar-refractivity contribution in [2.75, 3.05) is 13.2 Å². The Morgan fingerprint density at radius 1 is 1.00 bits per heavy atom. The predicted octanol–water partition coefficient (Wildman–Crippen LogP) is 2.50. The van der Waals surface area contributed by atoms with Crippen molar-refractivity contribution < 1.29 is 29.0 Å². The third-order valence-electron chi connectivity index (χ3n) is 6.82. The Bertz CT molecular complexity index is 568. The van der Waals surface area contributed by atoms with E-state index in [0.29, 0.717) is 18.3 Å². The maximum atomic E-state index is 12.4. The summed E-state index contributed by atoms with van der Waals surface area (Å²) in [6.45, 7) is 5.53. The molecule has 3 saturated carbocycles. The van der Waals surface area contributed by atoms with Crippen LogP contribution in [0.15, 0.2) is 0 Å². The molecule has 3 fully saturated rings. The zero-order valence-corrected chi connectivity index (χ0v) is 15.2. The number of rotatable bonds is 7. The minimum Gasteiger partial charge on any atom is -0.481 e. The lowest BCUT2D eigenvalue weighted by molar-refractivity contribution is -0.184. The fraction of sp³-hybridized carbons (Fsp3) is 0.842. The van der Waals surface area contributed by atoms with Gasteiger partial charge in [-0.05, 0) is 63.2 Å². The zero-order chi connectivity index (χ0) is 18.4. The smallest absolute Gasteiger partial charge is 0.311 e. The molecule has 1 N–H and O–H groups in total. The van der Waals surface area contributed by atoms with E-state index in [-0.39, 0.29) is 31.0 Å². The molecule has 0 aliphatic heterocycles. The number of fused-ring (bicyclic) bond motifs is 5. The molecule has 0 saturated heterocycles. The van der Waals surface area contributed by atoms with Crippen LogP contribution in [0.1, 0.15) is 46.5 Å².